The van der Waals surface area contributed by atoms with Crippen molar-refractivity contribution in [2.75, 3.05) is 17.2 Å². The van der Waals surface area contributed by atoms with Gasteiger partial charge in [0.15, 0.2) is 5.13 Å². The minimum atomic E-state index is -3.65. The van der Waals surface area contributed by atoms with E-state index < -0.39 is 14.9 Å². The number of carbonyl (C=O) groups excluding carboxylic acids is 1. The van der Waals surface area contributed by atoms with Crippen LogP contribution < -0.4 is 4.90 Å². The Morgan fingerprint density at radius 3 is 2.91 bits per heavy atom. The van der Waals surface area contributed by atoms with Crippen LogP contribution in [0.15, 0.2) is 16.6 Å². The smallest absolute Gasteiger partial charge is 0.232 e. The molecule has 1 atom stereocenters. The highest BCUT2D eigenvalue weighted by atomic mass is 79.9. The van der Waals surface area contributed by atoms with Gasteiger partial charge in [0.1, 0.15) is 5.82 Å². The molecule has 1 unspecified atom stereocenters. The fourth-order valence-corrected chi connectivity index (χ4v) is 5.44. The van der Waals surface area contributed by atoms with Gasteiger partial charge in [0, 0.05) is 34.0 Å². The van der Waals surface area contributed by atoms with Gasteiger partial charge in [-0.3, -0.25) is 9.69 Å². The van der Waals surface area contributed by atoms with Gasteiger partial charge in [0.2, 0.25) is 15.0 Å². The number of aromatic nitrogens is 1. The highest BCUT2D eigenvalue weighted by molar-refractivity contribution is 9.10. The first-order valence-electron chi connectivity index (χ1n) is 6.21. The van der Waals surface area contributed by atoms with Crippen molar-refractivity contribution in [1.29, 1.82) is 0 Å². The summed E-state index contributed by atoms with van der Waals surface area (Å²) in [4.78, 5) is 17.8. The van der Waals surface area contributed by atoms with Crippen LogP contribution in [0.5, 0.6) is 0 Å². The average Bonchev–Trinajstić information content (AvgIpc) is 2.90. The fourth-order valence-electron chi connectivity index (χ4n) is 2.42. The number of hydrogen-bond donors (Lipinski definition) is 0. The molecule has 0 saturated carbocycles. The van der Waals surface area contributed by atoms with Gasteiger partial charge in [-0.25, -0.2) is 17.8 Å². The third kappa shape index (κ3) is 3.27. The SMILES string of the molecule is O=C1CC(CS(=O)(=O)Cl)CN1c1nc2c(Br)cc(F)cc2s1. The summed E-state index contributed by atoms with van der Waals surface area (Å²) in [5, 5.41) is 0.431. The van der Waals surface area contributed by atoms with Crippen LogP contribution in [0.1, 0.15) is 6.42 Å². The predicted molar refractivity (Wildman–Crippen MR) is 87.4 cm³/mol. The lowest BCUT2D eigenvalue weighted by Crippen LogP contribution is -2.25. The average molecular weight is 428 g/mol. The van der Waals surface area contributed by atoms with Gasteiger partial charge in [-0.05, 0) is 28.1 Å². The van der Waals surface area contributed by atoms with Crippen molar-refractivity contribution in [3.63, 3.8) is 0 Å². The van der Waals surface area contributed by atoms with Crippen LogP contribution >= 0.6 is 37.9 Å². The molecular formula is C12H9BrClFN2O3S2. The molecule has 0 radical (unpaired) electrons. The summed E-state index contributed by atoms with van der Waals surface area (Å²) in [5.41, 5.74) is 0.572. The molecule has 22 heavy (non-hydrogen) atoms. The number of fused-ring (bicyclic) bond motifs is 1. The molecular weight excluding hydrogens is 419 g/mol. The van der Waals surface area contributed by atoms with E-state index >= 15 is 0 Å². The minimum Gasteiger partial charge on any atom is -0.288 e. The Kier molecular flexibility index (Phi) is 4.17. The molecule has 2 heterocycles. The molecule has 1 aliphatic rings. The second-order valence-corrected chi connectivity index (χ2v) is 9.70. The summed E-state index contributed by atoms with van der Waals surface area (Å²) in [6, 6.07) is 2.66. The van der Waals surface area contributed by atoms with Gasteiger partial charge < -0.3 is 0 Å². The zero-order valence-electron chi connectivity index (χ0n) is 10.9. The number of halogens is 3. The van der Waals surface area contributed by atoms with Crippen molar-refractivity contribution < 1.29 is 17.6 Å². The topological polar surface area (TPSA) is 67.3 Å². The van der Waals surface area contributed by atoms with Crippen LogP contribution in [0.3, 0.4) is 0 Å². The standard InChI is InChI=1S/C12H9BrClFN2O3S2/c13-8-2-7(15)3-9-11(8)16-12(21-9)17-4-6(1-10(17)18)5-22(14,19)20/h2-3,6H,1,4-5H2. The predicted octanol–water partition coefficient (Wildman–Crippen LogP) is 3.12. The monoisotopic (exact) mass is 426 g/mol. The van der Waals surface area contributed by atoms with E-state index in [9.17, 15) is 17.6 Å². The van der Waals surface area contributed by atoms with Crippen LogP contribution in [0.25, 0.3) is 10.2 Å². The molecule has 1 aromatic heterocycles. The zero-order valence-corrected chi connectivity index (χ0v) is 14.9. The highest BCUT2D eigenvalue weighted by Gasteiger charge is 2.34. The van der Waals surface area contributed by atoms with E-state index in [1.54, 1.807) is 0 Å². The van der Waals surface area contributed by atoms with Gasteiger partial charge in [0.05, 0.1) is 16.0 Å². The van der Waals surface area contributed by atoms with Crippen molar-refractivity contribution in [3.05, 3.63) is 22.4 Å². The van der Waals surface area contributed by atoms with Crippen LogP contribution in [-0.4, -0.2) is 31.6 Å². The molecule has 5 nitrogen and oxygen atoms in total. The first-order chi connectivity index (χ1) is 10.2. The third-order valence-electron chi connectivity index (χ3n) is 3.27. The van der Waals surface area contributed by atoms with Crippen LogP contribution in [0, 0.1) is 11.7 Å². The lowest BCUT2D eigenvalue weighted by molar-refractivity contribution is -0.117. The van der Waals surface area contributed by atoms with Gasteiger partial charge in [0.25, 0.3) is 0 Å². The summed E-state index contributed by atoms with van der Waals surface area (Å²) in [7, 11) is 1.58. The summed E-state index contributed by atoms with van der Waals surface area (Å²) < 4.78 is 36.8. The molecule has 0 spiro atoms. The lowest BCUT2D eigenvalue weighted by atomic mass is 10.1. The van der Waals surface area contributed by atoms with Crippen molar-refractivity contribution >= 4 is 68.3 Å². The molecule has 0 bridgehead atoms. The Hall–Kier alpha value is -0.770. The van der Waals surface area contributed by atoms with Crippen molar-refractivity contribution in [2.24, 2.45) is 5.92 Å². The first-order valence-corrected chi connectivity index (χ1v) is 10.3. The molecule has 1 amide bonds. The molecule has 0 aliphatic carbocycles. The lowest BCUT2D eigenvalue weighted by Gasteiger charge is -2.12. The van der Waals surface area contributed by atoms with Gasteiger partial charge >= 0.3 is 0 Å². The normalized spacial score (nSPS) is 19.3. The Balaban J connectivity index is 1.91. The molecule has 10 heteroatoms. The minimum absolute atomic E-state index is 0.109. The van der Waals surface area contributed by atoms with E-state index in [0.29, 0.717) is 19.8 Å². The van der Waals surface area contributed by atoms with Gasteiger partial charge in [-0.2, -0.15) is 0 Å². The van der Waals surface area contributed by atoms with Crippen molar-refractivity contribution in [3.8, 4) is 0 Å². The Labute approximate surface area is 142 Å². The molecule has 1 aliphatic heterocycles. The Morgan fingerprint density at radius 2 is 2.23 bits per heavy atom. The van der Waals surface area contributed by atoms with Gasteiger partial charge in [-0.15, -0.1) is 0 Å². The van der Waals surface area contributed by atoms with E-state index in [1.807, 2.05) is 0 Å². The number of anilines is 1. The van der Waals surface area contributed by atoms with Gasteiger partial charge in [-0.1, -0.05) is 11.3 Å². The molecule has 3 rings (SSSR count). The third-order valence-corrected chi connectivity index (χ3v) is 6.15. The number of carbonyl (C=O) groups is 1. The molecule has 118 valence electrons. The molecule has 1 saturated heterocycles. The number of amides is 1. The fraction of sp³-hybridized carbons (Fsp3) is 0.333. The summed E-state index contributed by atoms with van der Waals surface area (Å²) in [5.74, 6) is -1.21. The molecule has 0 N–H and O–H groups in total. The van der Waals surface area contributed by atoms with Crippen LogP contribution in [-0.2, 0) is 13.8 Å². The van der Waals surface area contributed by atoms with Crippen LogP contribution in [0.2, 0.25) is 0 Å². The van der Waals surface area contributed by atoms with E-state index in [2.05, 4.69) is 20.9 Å². The van der Waals surface area contributed by atoms with E-state index in [0.717, 1.165) is 0 Å². The largest absolute Gasteiger partial charge is 0.288 e. The Bertz CT molecular complexity index is 871. The summed E-state index contributed by atoms with van der Waals surface area (Å²) >= 11 is 4.43. The second-order valence-electron chi connectivity index (χ2n) is 5.01. The maximum Gasteiger partial charge on any atom is 0.232 e. The van der Waals surface area contributed by atoms with E-state index in [1.165, 1.54) is 28.4 Å². The molecule has 1 fully saturated rings. The van der Waals surface area contributed by atoms with E-state index in [4.69, 9.17) is 10.7 Å². The zero-order chi connectivity index (χ0) is 16.1. The number of benzene rings is 1. The van der Waals surface area contributed by atoms with Crippen molar-refractivity contribution in [1.82, 2.24) is 4.98 Å². The van der Waals surface area contributed by atoms with E-state index in [-0.39, 0.29) is 30.5 Å². The highest BCUT2D eigenvalue weighted by Crippen LogP contribution is 2.36. The first kappa shape index (κ1) is 16.1. The summed E-state index contributed by atoms with van der Waals surface area (Å²) in [6.07, 6.45) is 0.109. The Morgan fingerprint density at radius 1 is 1.50 bits per heavy atom. The quantitative estimate of drug-likeness (QED) is 0.706. The molecule has 2 aromatic rings. The maximum absolute atomic E-state index is 13.4. The van der Waals surface area contributed by atoms with Crippen LogP contribution in [0.4, 0.5) is 9.52 Å². The number of hydrogen-bond acceptors (Lipinski definition) is 5. The molecule has 1 aromatic carbocycles. The number of nitrogens with zero attached hydrogens (tertiary/aromatic N) is 2. The number of rotatable bonds is 3. The second kappa shape index (κ2) is 5.70. The summed E-state index contributed by atoms with van der Waals surface area (Å²) in [6.45, 7) is 0.241. The van der Waals surface area contributed by atoms with Crippen molar-refractivity contribution in [2.45, 2.75) is 6.42 Å². The number of thiazole rings is 1. The maximum atomic E-state index is 13.4.